The van der Waals surface area contributed by atoms with E-state index in [1.165, 1.54) is 10.6 Å². The minimum atomic E-state index is -4.74. The lowest BCUT2D eigenvalue weighted by Crippen LogP contribution is -2.14. The number of alkyl halides is 3. The third kappa shape index (κ3) is 2.30. The molecule has 1 aliphatic carbocycles. The van der Waals surface area contributed by atoms with Gasteiger partial charge in [-0.2, -0.15) is 22.8 Å². The molecule has 1 aromatic carbocycles. The Labute approximate surface area is 145 Å². The number of aryl methyl sites for hydroxylation is 1. The minimum Gasteiger partial charge on any atom is -0.394 e. The molecule has 0 atom stereocenters. The van der Waals surface area contributed by atoms with Crippen LogP contribution in [-0.2, 0) is 11.6 Å². The van der Waals surface area contributed by atoms with Crippen LogP contribution in [0.5, 0.6) is 0 Å². The fraction of sp³-hybridized carbons (Fsp3) is 0.294. The molecule has 2 aromatic heterocycles. The molecule has 0 radical (unpaired) electrons. The van der Waals surface area contributed by atoms with Gasteiger partial charge in [0.05, 0.1) is 11.3 Å². The van der Waals surface area contributed by atoms with Crippen molar-refractivity contribution in [2.75, 3.05) is 11.5 Å². The van der Waals surface area contributed by atoms with Crippen LogP contribution in [0.15, 0.2) is 24.3 Å². The number of fused-ring (bicyclic) bond motifs is 1. The maximum atomic E-state index is 14.0. The third-order valence-corrected chi connectivity index (χ3v) is 4.81. The van der Waals surface area contributed by atoms with E-state index in [2.05, 4.69) is 10.1 Å². The highest BCUT2D eigenvalue weighted by molar-refractivity contribution is 5.73. The summed E-state index contributed by atoms with van der Waals surface area (Å²) in [6, 6.07) is 4.60. The standard InChI is InChI=1S/C17H15F4N5/c1-8-6-12(22)26-15(24-8)13(23)14(25-26)16(4-5-16)9-2-3-10(11(18)7-9)17(19,20)21/h2-3,6-7H,4-5,22-23H2,1H3. The van der Waals surface area contributed by atoms with Crippen LogP contribution in [0.25, 0.3) is 5.65 Å². The summed E-state index contributed by atoms with van der Waals surface area (Å²) < 4.78 is 53.8. The fourth-order valence-corrected chi connectivity index (χ4v) is 3.37. The number of aromatic nitrogens is 3. The van der Waals surface area contributed by atoms with Crippen LogP contribution >= 0.6 is 0 Å². The highest BCUT2D eigenvalue weighted by Crippen LogP contribution is 2.55. The van der Waals surface area contributed by atoms with E-state index in [1.54, 1.807) is 13.0 Å². The summed E-state index contributed by atoms with van der Waals surface area (Å²) >= 11 is 0. The number of benzene rings is 1. The zero-order chi connectivity index (χ0) is 18.9. The van der Waals surface area contributed by atoms with Crippen molar-refractivity contribution in [1.82, 2.24) is 14.6 Å². The highest BCUT2D eigenvalue weighted by atomic mass is 19.4. The van der Waals surface area contributed by atoms with Gasteiger partial charge in [0.2, 0.25) is 0 Å². The Bertz CT molecular complexity index is 1030. The molecule has 136 valence electrons. The summed E-state index contributed by atoms with van der Waals surface area (Å²) in [6.07, 6.45) is -3.53. The number of rotatable bonds is 2. The quantitative estimate of drug-likeness (QED) is 0.682. The Kier molecular flexibility index (Phi) is 3.25. The van der Waals surface area contributed by atoms with E-state index < -0.39 is 23.0 Å². The number of nitrogens with two attached hydrogens (primary N) is 2. The first kappa shape index (κ1) is 16.6. The average molecular weight is 365 g/mol. The van der Waals surface area contributed by atoms with Crippen molar-refractivity contribution < 1.29 is 17.6 Å². The molecule has 0 unspecified atom stereocenters. The molecule has 4 rings (SSSR count). The van der Waals surface area contributed by atoms with Crippen molar-refractivity contribution in [3.8, 4) is 0 Å². The van der Waals surface area contributed by atoms with Crippen LogP contribution in [0.4, 0.5) is 29.1 Å². The number of anilines is 2. The van der Waals surface area contributed by atoms with E-state index >= 15 is 0 Å². The fourth-order valence-electron chi connectivity index (χ4n) is 3.37. The Balaban J connectivity index is 1.86. The first-order chi connectivity index (χ1) is 12.1. The van der Waals surface area contributed by atoms with E-state index in [-0.39, 0.29) is 0 Å². The number of halogens is 4. The molecule has 5 nitrogen and oxygen atoms in total. The summed E-state index contributed by atoms with van der Waals surface area (Å²) in [6.45, 7) is 1.76. The zero-order valence-corrected chi connectivity index (χ0v) is 13.7. The molecule has 3 aromatic rings. The number of hydrogen-bond donors (Lipinski definition) is 2. The van der Waals surface area contributed by atoms with Crippen molar-refractivity contribution in [2.45, 2.75) is 31.4 Å². The van der Waals surface area contributed by atoms with Crippen LogP contribution in [0.2, 0.25) is 0 Å². The van der Waals surface area contributed by atoms with Gasteiger partial charge in [-0.25, -0.2) is 9.37 Å². The molecular formula is C17H15F4N5. The van der Waals surface area contributed by atoms with Gasteiger partial charge in [-0.3, -0.25) is 0 Å². The van der Waals surface area contributed by atoms with Gasteiger partial charge in [0.25, 0.3) is 0 Å². The van der Waals surface area contributed by atoms with Crippen LogP contribution in [0, 0.1) is 12.7 Å². The monoisotopic (exact) mass is 365 g/mol. The van der Waals surface area contributed by atoms with Crippen molar-refractivity contribution in [3.63, 3.8) is 0 Å². The molecule has 26 heavy (non-hydrogen) atoms. The molecule has 9 heteroatoms. The van der Waals surface area contributed by atoms with Gasteiger partial charge >= 0.3 is 6.18 Å². The molecule has 0 amide bonds. The topological polar surface area (TPSA) is 82.2 Å². The Morgan fingerprint density at radius 3 is 2.42 bits per heavy atom. The van der Waals surface area contributed by atoms with E-state index in [9.17, 15) is 17.6 Å². The summed E-state index contributed by atoms with van der Waals surface area (Å²) in [5, 5.41) is 4.42. The lowest BCUT2D eigenvalue weighted by atomic mass is 9.90. The van der Waals surface area contributed by atoms with Gasteiger partial charge in [0, 0.05) is 17.2 Å². The van der Waals surface area contributed by atoms with Gasteiger partial charge in [0.1, 0.15) is 17.3 Å². The normalized spacial score (nSPS) is 16.2. The van der Waals surface area contributed by atoms with Crippen LogP contribution in [0.3, 0.4) is 0 Å². The van der Waals surface area contributed by atoms with Gasteiger partial charge in [-0.1, -0.05) is 6.07 Å². The van der Waals surface area contributed by atoms with Crippen molar-refractivity contribution in [2.24, 2.45) is 0 Å². The Hall–Kier alpha value is -2.84. The second-order valence-corrected chi connectivity index (χ2v) is 6.59. The largest absolute Gasteiger partial charge is 0.419 e. The average Bonchev–Trinajstić information content (AvgIpc) is 3.27. The van der Waals surface area contributed by atoms with Gasteiger partial charge in [-0.15, -0.1) is 0 Å². The van der Waals surface area contributed by atoms with Gasteiger partial charge < -0.3 is 11.5 Å². The summed E-state index contributed by atoms with van der Waals surface area (Å²) in [5.74, 6) is -0.961. The van der Waals surface area contributed by atoms with Gasteiger partial charge in [0.15, 0.2) is 5.65 Å². The number of hydrogen-bond acceptors (Lipinski definition) is 4. The molecule has 0 bridgehead atoms. The van der Waals surface area contributed by atoms with E-state index in [1.807, 2.05) is 0 Å². The van der Waals surface area contributed by atoms with Gasteiger partial charge in [-0.05, 0) is 37.5 Å². The summed E-state index contributed by atoms with van der Waals surface area (Å²) in [5.41, 5.74) is 12.4. The van der Waals surface area contributed by atoms with Crippen molar-refractivity contribution >= 4 is 17.2 Å². The number of nitrogen functional groups attached to an aromatic ring is 2. The summed E-state index contributed by atoms with van der Waals surface area (Å²) in [4.78, 5) is 4.33. The van der Waals surface area contributed by atoms with E-state index in [4.69, 9.17) is 11.5 Å². The minimum absolute atomic E-state index is 0.304. The third-order valence-electron chi connectivity index (χ3n) is 4.81. The molecule has 1 saturated carbocycles. The van der Waals surface area contributed by atoms with Crippen LogP contribution < -0.4 is 11.5 Å². The molecule has 2 heterocycles. The molecule has 0 spiro atoms. The first-order valence-electron chi connectivity index (χ1n) is 7.92. The molecule has 1 aliphatic rings. The molecule has 1 fully saturated rings. The maximum absolute atomic E-state index is 14.0. The predicted molar refractivity (Wildman–Crippen MR) is 88.0 cm³/mol. The second-order valence-electron chi connectivity index (χ2n) is 6.59. The second kappa shape index (κ2) is 5.09. The first-order valence-corrected chi connectivity index (χ1v) is 7.92. The molecular weight excluding hydrogens is 350 g/mol. The van der Waals surface area contributed by atoms with E-state index in [0.29, 0.717) is 46.9 Å². The highest BCUT2D eigenvalue weighted by Gasteiger charge is 2.50. The SMILES string of the molecule is Cc1cc(N)n2nc(C3(c4ccc(C(F)(F)F)c(F)c4)CC3)c(N)c2n1. The van der Waals surface area contributed by atoms with E-state index in [0.717, 1.165) is 12.1 Å². The Morgan fingerprint density at radius 1 is 1.15 bits per heavy atom. The summed E-state index contributed by atoms with van der Waals surface area (Å²) in [7, 11) is 0. The molecule has 0 saturated heterocycles. The lowest BCUT2D eigenvalue weighted by Gasteiger charge is -2.16. The maximum Gasteiger partial charge on any atom is 0.419 e. The number of nitrogens with zero attached hydrogens (tertiary/aromatic N) is 3. The van der Waals surface area contributed by atoms with Crippen molar-refractivity contribution in [1.29, 1.82) is 0 Å². The lowest BCUT2D eigenvalue weighted by molar-refractivity contribution is -0.140. The zero-order valence-electron chi connectivity index (χ0n) is 13.7. The predicted octanol–water partition coefficient (Wildman–Crippen LogP) is 3.44. The molecule has 0 aliphatic heterocycles. The Morgan fingerprint density at radius 2 is 1.85 bits per heavy atom. The van der Waals surface area contributed by atoms with Crippen LogP contribution in [0.1, 0.15) is 35.4 Å². The van der Waals surface area contributed by atoms with Crippen molar-refractivity contribution in [3.05, 3.63) is 52.6 Å². The van der Waals surface area contributed by atoms with Crippen LogP contribution in [-0.4, -0.2) is 14.6 Å². The molecule has 4 N–H and O–H groups in total. The smallest absolute Gasteiger partial charge is 0.394 e.